The third kappa shape index (κ3) is 3.26. The van der Waals surface area contributed by atoms with Gasteiger partial charge in [-0.25, -0.2) is 9.97 Å². The van der Waals surface area contributed by atoms with Crippen LogP contribution in [0, 0.1) is 5.92 Å². The van der Waals surface area contributed by atoms with Crippen molar-refractivity contribution in [3.8, 4) is 0 Å². The molecule has 5 heteroatoms. The summed E-state index contributed by atoms with van der Waals surface area (Å²) in [6.07, 6.45) is 8.83. The summed E-state index contributed by atoms with van der Waals surface area (Å²) in [6, 6.07) is 0. The molecule has 0 unspecified atom stereocenters. The topological polar surface area (TPSA) is 32.3 Å². The van der Waals surface area contributed by atoms with Gasteiger partial charge in [-0.15, -0.1) is 0 Å². The smallest absolute Gasteiger partial charge is 0.146 e. The summed E-state index contributed by atoms with van der Waals surface area (Å²) in [5.41, 5.74) is 0. The van der Waals surface area contributed by atoms with Gasteiger partial charge in [0.1, 0.15) is 12.1 Å². The summed E-state index contributed by atoms with van der Waals surface area (Å²) in [6.45, 7) is 6.18. The zero-order valence-corrected chi connectivity index (χ0v) is 12.8. The van der Waals surface area contributed by atoms with E-state index >= 15 is 0 Å². The Morgan fingerprint density at radius 2 is 1.89 bits per heavy atom. The van der Waals surface area contributed by atoms with Gasteiger partial charge in [0.25, 0.3) is 0 Å². The Kier molecular flexibility index (Phi) is 4.33. The van der Waals surface area contributed by atoms with Crippen molar-refractivity contribution in [3.05, 3.63) is 17.0 Å². The molecule has 1 aromatic rings. The minimum atomic E-state index is 0.870. The van der Waals surface area contributed by atoms with Crippen LogP contribution in [-0.4, -0.2) is 47.6 Å². The minimum absolute atomic E-state index is 0.870. The highest BCUT2D eigenvalue weighted by atomic mass is 79.9. The summed E-state index contributed by atoms with van der Waals surface area (Å²) in [5, 5.41) is 0. The third-order valence-corrected chi connectivity index (χ3v) is 4.84. The lowest BCUT2D eigenvalue weighted by atomic mass is 9.96. The number of likely N-dealkylation sites (tertiary alicyclic amines) is 1. The minimum Gasteiger partial charge on any atom is -0.356 e. The molecule has 0 spiro atoms. The lowest BCUT2D eigenvalue weighted by Crippen LogP contribution is -2.38. The molecule has 2 aliphatic rings. The van der Waals surface area contributed by atoms with Crippen LogP contribution in [0.1, 0.15) is 25.7 Å². The van der Waals surface area contributed by atoms with Crippen molar-refractivity contribution in [2.45, 2.75) is 25.7 Å². The summed E-state index contributed by atoms with van der Waals surface area (Å²) < 4.78 is 1.01. The van der Waals surface area contributed by atoms with Gasteiger partial charge >= 0.3 is 0 Å². The lowest BCUT2D eigenvalue weighted by Gasteiger charge is -2.34. The van der Waals surface area contributed by atoms with E-state index in [1.165, 1.54) is 45.3 Å². The predicted octanol–water partition coefficient (Wildman–Crippen LogP) is 2.55. The van der Waals surface area contributed by atoms with Gasteiger partial charge in [0, 0.05) is 25.8 Å². The average molecular weight is 325 g/mol. The van der Waals surface area contributed by atoms with Crippen molar-refractivity contribution in [1.29, 1.82) is 0 Å². The summed E-state index contributed by atoms with van der Waals surface area (Å²) in [7, 11) is 0. The molecule has 2 fully saturated rings. The maximum Gasteiger partial charge on any atom is 0.146 e. The van der Waals surface area contributed by atoms with Crippen LogP contribution in [0.25, 0.3) is 0 Å². The van der Waals surface area contributed by atoms with Gasteiger partial charge in [0.15, 0.2) is 0 Å². The number of rotatable bonds is 3. The number of hydrogen-bond donors (Lipinski definition) is 0. The van der Waals surface area contributed by atoms with E-state index in [0.29, 0.717) is 0 Å². The van der Waals surface area contributed by atoms with Crippen LogP contribution in [0.15, 0.2) is 17.0 Å². The van der Waals surface area contributed by atoms with Gasteiger partial charge in [0.05, 0.1) is 4.47 Å². The fourth-order valence-corrected chi connectivity index (χ4v) is 3.67. The quantitative estimate of drug-likeness (QED) is 0.855. The second kappa shape index (κ2) is 6.18. The van der Waals surface area contributed by atoms with Crippen LogP contribution in [0.3, 0.4) is 0 Å². The summed E-state index contributed by atoms with van der Waals surface area (Å²) in [5.74, 6) is 1.92. The average Bonchev–Trinajstić information content (AvgIpc) is 2.93. The lowest BCUT2D eigenvalue weighted by molar-refractivity contribution is 0.249. The largest absolute Gasteiger partial charge is 0.356 e. The van der Waals surface area contributed by atoms with Crippen molar-refractivity contribution in [3.63, 3.8) is 0 Å². The Balaban J connectivity index is 1.53. The fraction of sp³-hybridized carbons (Fsp3) is 0.714. The van der Waals surface area contributed by atoms with Gasteiger partial charge in [-0.05, 0) is 60.6 Å². The van der Waals surface area contributed by atoms with Gasteiger partial charge in [-0.3, -0.25) is 0 Å². The molecule has 2 saturated heterocycles. The normalized spacial score (nSPS) is 22.1. The SMILES string of the molecule is Brc1cncnc1N1CCC(CN2CCCC2)CC1. The van der Waals surface area contributed by atoms with Gasteiger partial charge < -0.3 is 9.80 Å². The Labute approximate surface area is 123 Å². The van der Waals surface area contributed by atoms with E-state index < -0.39 is 0 Å². The maximum absolute atomic E-state index is 4.39. The van der Waals surface area contributed by atoms with Crippen molar-refractivity contribution >= 4 is 21.7 Å². The summed E-state index contributed by atoms with van der Waals surface area (Å²) in [4.78, 5) is 13.4. The van der Waals surface area contributed by atoms with E-state index in [9.17, 15) is 0 Å². The summed E-state index contributed by atoms with van der Waals surface area (Å²) >= 11 is 3.54. The highest BCUT2D eigenvalue weighted by molar-refractivity contribution is 9.10. The molecule has 0 N–H and O–H groups in total. The van der Waals surface area contributed by atoms with Crippen molar-refractivity contribution in [2.24, 2.45) is 5.92 Å². The molecule has 0 bridgehead atoms. The fourth-order valence-electron chi connectivity index (χ4n) is 3.20. The molecular formula is C14H21BrN4. The number of halogens is 1. The first-order valence-corrected chi connectivity index (χ1v) is 8.05. The first-order valence-electron chi connectivity index (χ1n) is 7.26. The zero-order chi connectivity index (χ0) is 13.1. The van der Waals surface area contributed by atoms with Crippen LogP contribution >= 0.6 is 15.9 Å². The molecule has 0 aromatic carbocycles. The number of aromatic nitrogens is 2. The number of piperidine rings is 1. The molecule has 0 amide bonds. The van der Waals surface area contributed by atoms with Gasteiger partial charge in [-0.1, -0.05) is 0 Å². The van der Waals surface area contributed by atoms with Crippen LogP contribution in [-0.2, 0) is 0 Å². The molecule has 104 valence electrons. The van der Waals surface area contributed by atoms with E-state index in [4.69, 9.17) is 0 Å². The van der Waals surface area contributed by atoms with E-state index in [0.717, 1.165) is 29.3 Å². The van der Waals surface area contributed by atoms with Gasteiger partial charge in [0.2, 0.25) is 0 Å². The molecular weight excluding hydrogens is 304 g/mol. The first kappa shape index (κ1) is 13.3. The number of anilines is 1. The maximum atomic E-state index is 4.39. The monoisotopic (exact) mass is 324 g/mol. The standard InChI is InChI=1S/C14H21BrN4/c15-13-9-16-11-17-14(13)19-7-3-12(4-8-19)10-18-5-1-2-6-18/h9,11-12H,1-8,10H2. The molecule has 0 atom stereocenters. The van der Waals surface area contributed by atoms with E-state index in [1.807, 2.05) is 6.20 Å². The van der Waals surface area contributed by atoms with Gasteiger partial charge in [-0.2, -0.15) is 0 Å². The predicted molar refractivity (Wildman–Crippen MR) is 80.3 cm³/mol. The molecule has 0 saturated carbocycles. The van der Waals surface area contributed by atoms with Crippen molar-refractivity contribution in [2.75, 3.05) is 37.6 Å². The Hall–Kier alpha value is -0.680. The van der Waals surface area contributed by atoms with Crippen LogP contribution in [0.4, 0.5) is 5.82 Å². The Morgan fingerprint density at radius 1 is 1.16 bits per heavy atom. The Morgan fingerprint density at radius 3 is 2.58 bits per heavy atom. The van der Waals surface area contributed by atoms with Crippen molar-refractivity contribution in [1.82, 2.24) is 14.9 Å². The second-order valence-electron chi connectivity index (χ2n) is 5.63. The molecule has 2 aliphatic heterocycles. The molecule has 0 aliphatic carbocycles. The molecule has 3 rings (SSSR count). The highest BCUT2D eigenvalue weighted by Gasteiger charge is 2.24. The Bertz CT molecular complexity index is 412. The molecule has 0 radical (unpaired) electrons. The van der Waals surface area contributed by atoms with Crippen LogP contribution in [0.5, 0.6) is 0 Å². The van der Waals surface area contributed by atoms with E-state index in [2.05, 4.69) is 35.7 Å². The molecule has 19 heavy (non-hydrogen) atoms. The molecule has 4 nitrogen and oxygen atoms in total. The van der Waals surface area contributed by atoms with Crippen molar-refractivity contribution < 1.29 is 0 Å². The number of nitrogens with zero attached hydrogens (tertiary/aromatic N) is 4. The van der Waals surface area contributed by atoms with Crippen LogP contribution < -0.4 is 4.90 Å². The number of hydrogen-bond acceptors (Lipinski definition) is 4. The highest BCUT2D eigenvalue weighted by Crippen LogP contribution is 2.27. The van der Waals surface area contributed by atoms with Crippen LogP contribution in [0.2, 0.25) is 0 Å². The first-order chi connectivity index (χ1) is 9.33. The third-order valence-electron chi connectivity index (χ3n) is 4.28. The zero-order valence-electron chi connectivity index (χ0n) is 11.3. The van der Waals surface area contributed by atoms with E-state index in [1.54, 1.807) is 6.33 Å². The molecule has 1 aromatic heterocycles. The molecule has 3 heterocycles. The second-order valence-corrected chi connectivity index (χ2v) is 6.49. The van der Waals surface area contributed by atoms with E-state index in [-0.39, 0.29) is 0 Å².